The van der Waals surface area contributed by atoms with Crippen LogP contribution in [0.25, 0.3) is 0 Å². The van der Waals surface area contributed by atoms with E-state index in [9.17, 15) is 9.18 Å². The summed E-state index contributed by atoms with van der Waals surface area (Å²) >= 11 is 0. The van der Waals surface area contributed by atoms with E-state index in [1.165, 1.54) is 13.2 Å². The first-order valence-electron chi connectivity index (χ1n) is 7.30. The highest BCUT2D eigenvalue weighted by molar-refractivity contribution is 5.64. The van der Waals surface area contributed by atoms with Crippen molar-refractivity contribution < 1.29 is 23.4 Å². The maximum Gasteiger partial charge on any atom is 0.513 e. The van der Waals surface area contributed by atoms with Gasteiger partial charge in [-0.25, -0.2) is 9.18 Å². The lowest BCUT2D eigenvalue weighted by Crippen LogP contribution is -2.10. The van der Waals surface area contributed by atoms with Crippen LogP contribution in [-0.2, 0) is 17.8 Å². The molecule has 0 radical (unpaired) electrons. The van der Waals surface area contributed by atoms with Crippen LogP contribution < -0.4 is 9.47 Å². The van der Waals surface area contributed by atoms with Crippen molar-refractivity contribution in [2.45, 2.75) is 26.9 Å². The number of rotatable bonds is 5. The second-order valence-corrected chi connectivity index (χ2v) is 5.02. The van der Waals surface area contributed by atoms with Crippen LogP contribution in [0.3, 0.4) is 0 Å². The van der Waals surface area contributed by atoms with Crippen molar-refractivity contribution in [1.82, 2.24) is 0 Å². The smallest absolute Gasteiger partial charge is 0.488 e. The summed E-state index contributed by atoms with van der Waals surface area (Å²) in [6.07, 6.45) is -0.171. The highest BCUT2D eigenvalue weighted by Gasteiger charge is 2.11. The summed E-state index contributed by atoms with van der Waals surface area (Å²) in [7, 11) is 1.24. The average molecular weight is 318 g/mol. The topological polar surface area (TPSA) is 44.8 Å². The van der Waals surface area contributed by atoms with Crippen molar-refractivity contribution in [3.8, 4) is 11.5 Å². The van der Waals surface area contributed by atoms with Crippen LogP contribution in [0.1, 0.15) is 23.6 Å². The van der Waals surface area contributed by atoms with Crippen molar-refractivity contribution in [2.75, 3.05) is 7.11 Å². The zero-order valence-electron chi connectivity index (χ0n) is 13.4. The molecule has 122 valence electrons. The third-order valence-electron chi connectivity index (χ3n) is 3.44. The molecule has 0 saturated carbocycles. The molecule has 23 heavy (non-hydrogen) atoms. The van der Waals surface area contributed by atoms with E-state index in [-0.39, 0.29) is 12.4 Å². The minimum Gasteiger partial charge on any atom is -0.488 e. The lowest BCUT2D eigenvalue weighted by atomic mass is 10.1. The Balaban J connectivity index is 2.15. The van der Waals surface area contributed by atoms with E-state index in [0.717, 1.165) is 5.56 Å². The number of halogens is 1. The number of carbonyl (C=O) groups is 1. The van der Waals surface area contributed by atoms with Gasteiger partial charge in [0.15, 0.2) is 0 Å². The van der Waals surface area contributed by atoms with Crippen LogP contribution in [0.5, 0.6) is 11.5 Å². The van der Waals surface area contributed by atoms with E-state index >= 15 is 0 Å². The molecule has 0 fully saturated rings. The molecule has 0 aromatic heterocycles. The number of carbonyl (C=O) groups excluding carboxylic acids is 1. The minimum absolute atomic E-state index is 0.152. The summed E-state index contributed by atoms with van der Waals surface area (Å²) < 4.78 is 29.1. The highest BCUT2D eigenvalue weighted by atomic mass is 19.1. The molecule has 4 nitrogen and oxygen atoms in total. The van der Waals surface area contributed by atoms with Crippen molar-refractivity contribution >= 4 is 6.16 Å². The lowest BCUT2D eigenvalue weighted by Gasteiger charge is -2.13. The van der Waals surface area contributed by atoms with Crippen molar-refractivity contribution in [3.63, 3.8) is 0 Å². The first-order valence-corrected chi connectivity index (χ1v) is 7.30. The fraction of sp³-hybridized carbons (Fsp3) is 0.278. The molecule has 2 aromatic carbocycles. The van der Waals surface area contributed by atoms with Gasteiger partial charge in [0.2, 0.25) is 0 Å². The molecule has 0 heterocycles. The molecule has 0 saturated heterocycles. The number of aryl methyl sites for hydroxylation is 2. The van der Waals surface area contributed by atoms with Crippen LogP contribution >= 0.6 is 0 Å². The molecule has 0 unspecified atom stereocenters. The molecule has 2 aromatic rings. The van der Waals surface area contributed by atoms with Gasteiger partial charge in [0.05, 0.1) is 7.11 Å². The lowest BCUT2D eigenvalue weighted by molar-refractivity contribution is 0.120. The Morgan fingerprint density at radius 1 is 1.13 bits per heavy atom. The van der Waals surface area contributed by atoms with Gasteiger partial charge >= 0.3 is 6.16 Å². The van der Waals surface area contributed by atoms with Gasteiger partial charge in [-0.3, -0.25) is 0 Å². The van der Waals surface area contributed by atoms with E-state index in [0.29, 0.717) is 29.0 Å². The third kappa shape index (κ3) is 4.22. The molecule has 5 heteroatoms. The van der Waals surface area contributed by atoms with Gasteiger partial charge in [-0.15, -0.1) is 0 Å². The maximum atomic E-state index is 13.9. The summed E-state index contributed by atoms with van der Waals surface area (Å²) in [6, 6.07) is 10.1. The van der Waals surface area contributed by atoms with Gasteiger partial charge in [-0.05, 0) is 36.6 Å². The van der Waals surface area contributed by atoms with Crippen molar-refractivity contribution in [1.29, 1.82) is 0 Å². The van der Waals surface area contributed by atoms with Gasteiger partial charge < -0.3 is 14.2 Å². The van der Waals surface area contributed by atoms with Crippen LogP contribution in [-0.4, -0.2) is 13.3 Å². The minimum atomic E-state index is -0.799. The molecule has 0 bridgehead atoms. The van der Waals surface area contributed by atoms with Crippen LogP contribution in [0, 0.1) is 12.7 Å². The predicted molar refractivity (Wildman–Crippen MR) is 84.3 cm³/mol. The monoisotopic (exact) mass is 318 g/mol. The van der Waals surface area contributed by atoms with Crippen LogP contribution in [0.15, 0.2) is 36.4 Å². The number of hydrogen-bond acceptors (Lipinski definition) is 4. The molecule has 0 aliphatic heterocycles. The van der Waals surface area contributed by atoms with Crippen LogP contribution in [0.4, 0.5) is 9.18 Å². The Morgan fingerprint density at radius 2 is 1.87 bits per heavy atom. The molecule has 0 atom stereocenters. The Hall–Kier alpha value is -2.56. The largest absolute Gasteiger partial charge is 0.513 e. The van der Waals surface area contributed by atoms with E-state index in [1.807, 2.05) is 13.8 Å². The zero-order valence-corrected chi connectivity index (χ0v) is 13.4. The first kappa shape index (κ1) is 16.8. The Kier molecular flexibility index (Phi) is 5.57. The number of para-hydroxylation sites is 1. The predicted octanol–water partition coefficient (Wildman–Crippen LogP) is 4.42. The number of ether oxygens (including phenoxy) is 3. The zero-order chi connectivity index (χ0) is 16.8. The molecular weight excluding hydrogens is 299 g/mol. The van der Waals surface area contributed by atoms with E-state index in [4.69, 9.17) is 9.47 Å². The normalized spacial score (nSPS) is 10.3. The number of hydrogen-bond donors (Lipinski definition) is 0. The summed E-state index contributed by atoms with van der Waals surface area (Å²) in [5, 5.41) is 0. The van der Waals surface area contributed by atoms with E-state index in [2.05, 4.69) is 4.74 Å². The number of methoxy groups -OCH3 is 1. The number of benzene rings is 2. The Bertz CT molecular complexity index is 697. The fourth-order valence-electron chi connectivity index (χ4n) is 2.16. The molecule has 0 aliphatic rings. The second-order valence-electron chi connectivity index (χ2n) is 5.02. The van der Waals surface area contributed by atoms with Crippen molar-refractivity contribution in [2.24, 2.45) is 0 Å². The average Bonchev–Trinajstić information content (AvgIpc) is 2.56. The quantitative estimate of drug-likeness (QED) is 0.604. The summed E-state index contributed by atoms with van der Waals surface area (Å²) in [4.78, 5) is 11.2. The van der Waals surface area contributed by atoms with E-state index in [1.54, 1.807) is 30.3 Å². The van der Waals surface area contributed by atoms with Gasteiger partial charge in [0.1, 0.15) is 23.9 Å². The Morgan fingerprint density at radius 3 is 2.57 bits per heavy atom. The Labute approximate surface area is 134 Å². The molecule has 0 amide bonds. The molecule has 0 N–H and O–H groups in total. The van der Waals surface area contributed by atoms with Gasteiger partial charge in [0.25, 0.3) is 0 Å². The molecular formula is C18H19FO4. The molecule has 0 spiro atoms. The summed E-state index contributed by atoms with van der Waals surface area (Å²) in [5.74, 6) is 0.530. The SMILES string of the molecule is CCc1cc(C)c(OCc2ccccc2OC(=O)OC)cc1F. The van der Waals surface area contributed by atoms with Crippen LogP contribution in [0.2, 0.25) is 0 Å². The summed E-state index contributed by atoms with van der Waals surface area (Å²) in [6.45, 7) is 3.92. The second kappa shape index (κ2) is 7.63. The highest BCUT2D eigenvalue weighted by Crippen LogP contribution is 2.26. The molecule has 2 rings (SSSR count). The summed E-state index contributed by atoms with van der Waals surface area (Å²) in [5.41, 5.74) is 2.18. The third-order valence-corrected chi connectivity index (χ3v) is 3.44. The van der Waals surface area contributed by atoms with Gasteiger partial charge in [0, 0.05) is 11.6 Å². The first-order chi connectivity index (χ1) is 11.0. The van der Waals surface area contributed by atoms with Crippen molar-refractivity contribution in [3.05, 3.63) is 58.9 Å². The standard InChI is InChI=1S/C18H19FO4/c1-4-13-9-12(2)17(10-15(13)19)22-11-14-7-5-6-8-16(14)23-18(20)21-3/h5-10H,4,11H2,1-3H3. The molecule has 0 aliphatic carbocycles. The fourth-order valence-corrected chi connectivity index (χ4v) is 2.16. The van der Waals surface area contributed by atoms with E-state index < -0.39 is 6.16 Å². The van der Waals surface area contributed by atoms with Gasteiger partial charge in [-0.2, -0.15) is 0 Å². The maximum absolute atomic E-state index is 13.9. The van der Waals surface area contributed by atoms with Gasteiger partial charge in [-0.1, -0.05) is 25.1 Å².